The first kappa shape index (κ1) is 21.9. The third-order valence-electron chi connectivity index (χ3n) is 7.74. The molecule has 2 aromatic carbocycles. The van der Waals surface area contributed by atoms with Crippen molar-refractivity contribution >= 4 is 0 Å². The fourth-order valence-electron chi connectivity index (χ4n) is 5.97. The highest BCUT2D eigenvalue weighted by atomic mass is 16.5. The molecule has 2 saturated heterocycles. The highest BCUT2D eigenvalue weighted by Gasteiger charge is 2.30. The van der Waals surface area contributed by atoms with E-state index in [4.69, 9.17) is 9.47 Å². The van der Waals surface area contributed by atoms with Crippen molar-refractivity contribution in [3.8, 4) is 5.75 Å². The second kappa shape index (κ2) is 10.4. The summed E-state index contributed by atoms with van der Waals surface area (Å²) in [7, 11) is 1.75. The van der Waals surface area contributed by atoms with Gasteiger partial charge in [-0.05, 0) is 86.4 Å². The Hall–Kier alpha value is -1.88. The van der Waals surface area contributed by atoms with Crippen molar-refractivity contribution in [1.29, 1.82) is 0 Å². The van der Waals surface area contributed by atoms with Crippen LogP contribution < -0.4 is 4.74 Å². The summed E-state index contributed by atoms with van der Waals surface area (Å²) in [6.07, 6.45) is 7.91. The predicted octanol–water partition coefficient (Wildman–Crippen LogP) is 4.56. The quantitative estimate of drug-likeness (QED) is 0.608. The van der Waals surface area contributed by atoms with Gasteiger partial charge in [0.1, 0.15) is 5.75 Å². The first-order chi connectivity index (χ1) is 15.8. The van der Waals surface area contributed by atoms with E-state index in [-0.39, 0.29) is 0 Å². The number of piperidine rings is 1. The molecule has 2 aliphatic heterocycles. The number of fused-ring (bicyclic) bond motifs is 1. The van der Waals surface area contributed by atoms with E-state index in [9.17, 15) is 0 Å². The summed E-state index contributed by atoms with van der Waals surface area (Å²) in [5, 5.41) is 0. The van der Waals surface area contributed by atoms with Crippen LogP contribution in [0.25, 0.3) is 0 Å². The summed E-state index contributed by atoms with van der Waals surface area (Å²) in [5.41, 5.74) is 4.48. The van der Waals surface area contributed by atoms with Gasteiger partial charge in [-0.3, -0.25) is 9.80 Å². The van der Waals surface area contributed by atoms with Gasteiger partial charge in [0.05, 0.1) is 13.2 Å². The van der Waals surface area contributed by atoms with Crippen molar-refractivity contribution in [2.75, 3.05) is 39.9 Å². The third kappa shape index (κ3) is 5.36. The largest absolute Gasteiger partial charge is 0.497 e. The highest BCUT2D eigenvalue weighted by molar-refractivity contribution is 5.33. The smallest absolute Gasteiger partial charge is 0.119 e. The summed E-state index contributed by atoms with van der Waals surface area (Å²) in [4.78, 5) is 5.42. The summed E-state index contributed by atoms with van der Waals surface area (Å²) >= 11 is 0. The summed E-state index contributed by atoms with van der Waals surface area (Å²) in [6, 6.07) is 18.3. The van der Waals surface area contributed by atoms with Gasteiger partial charge in [-0.15, -0.1) is 0 Å². The Labute approximate surface area is 193 Å². The van der Waals surface area contributed by atoms with Crippen LogP contribution in [-0.4, -0.2) is 61.8 Å². The Morgan fingerprint density at radius 3 is 2.44 bits per heavy atom. The molecule has 1 aliphatic carbocycles. The molecule has 0 radical (unpaired) electrons. The van der Waals surface area contributed by atoms with Gasteiger partial charge >= 0.3 is 0 Å². The lowest BCUT2D eigenvalue weighted by Crippen LogP contribution is -2.44. The second-order valence-electron chi connectivity index (χ2n) is 9.99. The predicted molar refractivity (Wildman–Crippen MR) is 129 cm³/mol. The van der Waals surface area contributed by atoms with E-state index in [1.165, 1.54) is 63.7 Å². The molecule has 4 heteroatoms. The van der Waals surface area contributed by atoms with Gasteiger partial charge in [0, 0.05) is 32.3 Å². The minimum atomic E-state index is 0.401. The average Bonchev–Trinajstić information content (AvgIpc) is 3.49. The van der Waals surface area contributed by atoms with Crippen LogP contribution in [0.2, 0.25) is 0 Å². The number of hydrogen-bond donors (Lipinski definition) is 0. The Bertz CT molecular complexity index is 846. The number of methoxy groups -OCH3 is 1. The van der Waals surface area contributed by atoms with E-state index in [0.717, 1.165) is 31.4 Å². The Kier molecular flexibility index (Phi) is 7.11. The zero-order chi connectivity index (χ0) is 21.8. The SMILES string of the molecule is COc1cccc(CN(CC2CCN(C3Cc4ccccc4C3)CC2)CC2CCCO2)c1. The van der Waals surface area contributed by atoms with E-state index in [1.54, 1.807) is 18.2 Å². The number of ether oxygens (including phenoxy) is 2. The van der Waals surface area contributed by atoms with Crippen LogP contribution >= 0.6 is 0 Å². The van der Waals surface area contributed by atoms with E-state index in [2.05, 4.69) is 52.3 Å². The maximum Gasteiger partial charge on any atom is 0.119 e. The van der Waals surface area contributed by atoms with Gasteiger partial charge in [-0.1, -0.05) is 36.4 Å². The Balaban J connectivity index is 1.16. The van der Waals surface area contributed by atoms with Crippen molar-refractivity contribution in [1.82, 2.24) is 9.80 Å². The molecule has 1 atom stereocenters. The fourth-order valence-corrected chi connectivity index (χ4v) is 5.97. The van der Waals surface area contributed by atoms with E-state index < -0.39 is 0 Å². The van der Waals surface area contributed by atoms with Gasteiger partial charge in [0.15, 0.2) is 0 Å². The van der Waals surface area contributed by atoms with Crippen LogP contribution in [0, 0.1) is 5.92 Å². The van der Waals surface area contributed by atoms with Crippen molar-refractivity contribution < 1.29 is 9.47 Å². The number of hydrogen-bond acceptors (Lipinski definition) is 4. The zero-order valence-electron chi connectivity index (χ0n) is 19.5. The molecule has 2 heterocycles. The standard InChI is InChI=1S/C28H38N2O2/c1-31-27-9-4-6-23(16-27)20-29(21-28-10-5-15-32-28)19-22-11-13-30(14-12-22)26-17-24-7-2-3-8-25(24)18-26/h2-4,6-9,16,22,26,28H,5,10-15,17-21H2,1H3. The zero-order valence-corrected chi connectivity index (χ0v) is 19.5. The number of benzene rings is 2. The van der Waals surface area contributed by atoms with Crippen molar-refractivity contribution in [3.05, 3.63) is 65.2 Å². The van der Waals surface area contributed by atoms with Crippen LogP contribution in [0.4, 0.5) is 0 Å². The average molecular weight is 435 g/mol. The van der Waals surface area contributed by atoms with Crippen molar-refractivity contribution in [2.24, 2.45) is 5.92 Å². The van der Waals surface area contributed by atoms with Crippen LogP contribution in [0.5, 0.6) is 5.75 Å². The van der Waals surface area contributed by atoms with E-state index in [1.807, 2.05) is 6.07 Å². The van der Waals surface area contributed by atoms with Gasteiger partial charge in [0.2, 0.25) is 0 Å². The molecule has 0 amide bonds. The van der Waals surface area contributed by atoms with Crippen molar-refractivity contribution in [2.45, 2.75) is 57.2 Å². The molecule has 2 fully saturated rings. The first-order valence-corrected chi connectivity index (χ1v) is 12.5. The van der Waals surface area contributed by atoms with Gasteiger partial charge in [-0.2, -0.15) is 0 Å². The minimum Gasteiger partial charge on any atom is -0.497 e. The second-order valence-corrected chi connectivity index (χ2v) is 9.99. The molecule has 2 aromatic rings. The number of nitrogens with zero attached hydrogens (tertiary/aromatic N) is 2. The molecule has 0 bridgehead atoms. The Morgan fingerprint density at radius 1 is 0.969 bits per heavy atom. The molecule has 5 rings (SSSR count). The highest BCUT2D eigenvalue weighted by Crippen LogP contribution is 2.29. The molecular formula is C28H38N2O2. The van der Waals surface area contributed by atoms with Gasteiger partial charge in [-0.25, -0.2) is 0 Å². The topological polar surface area (TPSA) is 24.9 Å². The van der Waals surface area contributed by atoms with Crippen LogP contribution in [0.1, 0.15) is 42.4 Å². The normalized spacial score (nSPS) is 22.5. The maximum atomic E-state index is 6.00. The molecule has 4 nitrogen and oxygen atoms in total. The summed E-state index contributed by atoms with van der Waals surface area (Å²) < 4.78 is 11.5. The minimum absolute atomic E-state index is 0.401. The lowest BCUT2D eigenvalue weighted by molar-refractivity contribution is 0.0541. The molecule has 3 aliphatic rings. The van der Waals surface area contributed by atoms with Crippen LogP contribution in [0.3, 0.4) is 0 Å². The summed E-state index contributed by atoms with van der Waals surface area (Å²) in [5.74, 6) is 1.73. The van der Waals surface area contributed by atoms with Crippen molar-refractivity contribution in [3.63, 3.8) is 0 Å². The van der Waals surface area contributed by atoms with E-state index in [0.29, 0.717) is 12.1 Å². The Morgan fingerprint density at radius 2 is 1.75 bits per heavy atom. The molecule has 1 unspecified atom stereocenters. The molecule has 0 N–H and O–H groups in total. The molecule has 32 heavy (non-hydrogen) atoms. The first-order valence-electron chi connectivity index (χ1n) is 12.5. The monoisotopic (exact) mass is 434 g/mol. The van der Waals surface area contributed by atoms with E-state index >= 15 is 0 Å². The molecule has 172 valence electrons. The van der Waals surface area contributed by atoms with Gasteiger partial charge in [0.25, 0.3) is 0 Å². The third-order valence-corrected chi connectivity index (χ3v) is 7.74. The van der Waals surface area contributed by atoms with Crippen LogP contribution in [-0.2, 0) is 24.1 Å². The maximum absolute atomic E-state index is 6.00. The lowest BCUT2D eigenvalue weighted by Gasteiger charge is -2.38. The fraction of sp³-hybridized carbons (Fsp3) is 0.571. The molecule has 0 spiro atoms. The molecular weight excluding hydrogens is 396 g/mol. The number of rotatable bonds is 8. The van der Waals surface area contributed by atoms with Gasteiger partial charge < -0.3 is 9.47 Å². The lowest BCUT2D eigenvalue weighted by atomic mass is 9.94. The van der Waals surface area contributed by atoms with Crippen LogP contribution in [0.15, 0.2) is 48.5 Å². The number of likely N-dealkylation sites (tertiary alicyclic amines) is 1. The summed E-state index contributed by atoms with van der Waals surface area (Å²) in [6.45, 7) is 6.63. The molecule has 0 aromatic heterocycles. The molecule has 0 saturated carbocycles.